The minimum atomic E-state index is 0.913. The van der Waals surface area contributed by atoms with Crippen molar-refractivity contribution in [2.45, 2.75) is 39.5 Å². The van der Waals surface area contributed by atoms with Crippen molar-refractivity contribution in [1.82, 2.24) is 0 Å². The molecule has 1 atom stereocenters. The molecule has 0 heterocycles. The van der Waals surface area contributed by atoms with Crippen LogP contribution >= 0.6 is 0 Å². The first kappa shape index (κ1) is 7.63. The van der Waals surface area contributed by atoms with Crippen LogP contribution in [0.1, 0.15) is 39.5 Å². The number of hydrogen-bond donors (Lipinski definition) is 0. The first-order valence-electron chi connectivity index (χ1n) is 4.29. The molecule has 1 rings (SSSR count). The van der Waals surface area contributed by atoms with Gasteiger partial charge in [-0.05, 0) is 36.8 Å². The van der Waals surface area contributed by atoms with Gasteiger partial charge in [0.25, 0.3) is 0 Å². The maximum Gasteiger partial charge on any atom is -0.0213 e. The van der Waals surface area contributed by atoms with Gasteiger partial charge in [0, 0.05) is 0 Å². The van der Waals surface area contributed by atoms with Crippen LogP contribution < -0.4 is 0 Å². The summed E-state index contributed by atoms with van der Waals surface area (Å²) in [5, 5.41) is 0. The van der Waals surface area contributed by atoms with Crippen LogP contribution in [-0.2, 0) is 0 Å². The largest absolute Gasteiger partial charge is 0.126 e. The monoisotopic (exact) mass is 136 g/mol. The first-order chi connectivity index (χ1) is 4.86. The molecule has 0 amide bonds. The van der Waals surface area contributed by atoms with Gasteiger partial charge in [-0.1, -0.05) is 20.3 Å². The highest BCUT2D eigenvalue weighted by molar-refractivity contribution is 5.06. The van der Waals surface area contributed by atoms with Gasteiger partial charge in [0.1, 0.15) is 0 Å². The average Bonchev–Trinajstić information content (AvgIpc) is 2.05. The average molecular weight is 136 g/mol. The van der Waals surface area contributed by atoms with E-state index in [1.807, 2.05) is 0 Å². The van der Waals surface area contributed by atoms with Crippen molar-refractivity contribution in [3.63, 3.8) is 0 Å². The van der Waals surface area contributed by atoms with Crippen molar-refractivity contribution < 1.29 is 0 Å². The van der Waals surface area contributed by atoms with E-state index < -0.39 is 0 Å². The predicted molar refractivity (Wildman–Crippen MR) is 44.9 cm³/mol. The Hall–Kier alpha value is -0.480. The van der Waals surface area contributed by atoms with Gasteiger partial charge in [-0.15, -0.1) is 5.73 Å². The lowest BCUT2D eigenvalue weighted by atomic mass is 9.90. The summed E-state index contributed by atoms with van der Waals surface area (Å²) in [6.07, 6.45) is 7.26. The molecule has 0 spiro atoms. The van der Waals surface area contributed by atoms with Crippen LogP contribution in [0.15, 0.2) is 17.4 Å². The molecule has 1 unspecified atom stereocenters. The van der Waals surface area contributed by atoms with E-state index in [0.29, 0.717) is 0 Å². The van der Waals surface area contributed by atoms with Gasteiger partial charge in [0.15, 0.2) is 0 Å². The van der Waals surface area contributed by atoms with Crippen LogP contribution in [0, 0.1) is 5.92 Å². The summed E-state index contributed by atoms with van der Waals surface area (Å²) in [7, 11) is 0. The molecule has 0 aromatic rings. The zero-order chi connectivity index (χ0) is 7.40. The molecule has 0 aromatic heterocycles. The van der Waals surface area contributed by atoms with Crippen molar-refractivity contribution in [2.75, 3.05) is 0 Å². The van der Waals surface area contributed by atoms with Crippen LogP contribution in [0.2, 0.25) is 0 Å². The third-order valence-electron chi connectivity index (χ3n) is 2.30. The summed E-state index contributed by atoms with van der Waals surface area (Å²) in [6.45, 7) is 4.49. The van der Waals surface area contributed by atoms with Gasteiger partial charge in [-0.3, -0.25) is 0 Å². The molecule has 56 valence electrons. The standard InChI is InChI=1S/C10H16/c1-3-9-6-5-7-10(4-2)8-9/h5,9H,3-4,6,8H2,1-2H3. The molecule has 1 aliphatic carbocycles. The van der Waals surface area contributed by atoms with Gasteiger partial charge >= 0.3 is 0 Å². The fourth-order valence-electron chi connectivity index (χ4n) is 1.42. The Bertz CT molecular complexity index is 159. The zero-order valence-electron chi connectivity index (χ0n) is 6.98. The van der Waals surface area contributed by atoms with Crippen LogP contribution in [-0.4, -0.2) is 0 Å². The lowest BCUT2D eigenvalue weighted by Gasteiger charge is -2.15. The lowest BCUT2D eigenvalue weighted by molar-refractivity contribution is 0.498. The molecule has 0 heteroatoms. The van der Waals surface area contributed by atoms with Crippen molar-refractivity contribution in [2.24, 2.45) is 5.92 Å². The van der Waals surface area contributed by atoms with E-state index in [0.717, 1.165) is 5.92 Å². The molecule has 0 aliphatic heterocycles. The van der Waals surface area contributed by atoms with Crippen molar-refractivity contribution >= 4 is 0 Å². The van der Waals surface area contributed by atoms with Gasteiger partial charge in [-0.2, -0.15) is 0 Å². The molecule has 0 fully saturated rings. The summed E-state index contributed by atoms with van der Waals surface area (Å²) in [5.74, 6) is 0.913. The maximum atomic E-state index is 3.32. The highest BCUT2D eigenvalue weighted by Crippen LogP contribution is 2.23. The minimum Gasteiger partial charge on any atom is -0.126 e. The molecule has 0 N–H and O–H groups in total. The van der Waals surface area contributed by atoms with Gasteiger partial charge in [-0.25, -0.2) is 0 Å². The minimum absolute atomic E-state index is 0.913. The van der Waals surface area contributed by atoms with Crippen molar-refractivity contribution in [3.05, 3.63) is 17.4 Å². The van der Waals surface area contributed by atoms with Gasteiger partial charge < -0.3 is 0 Å². The normalized spacial score (nSPS) is 24.6. The molecule has 0 saturated heterocycles. The van der Waals surface area contributed by atoms with Gasteiger partial charge in [0.2, 0.25) is 0 Å². The van der Waals surface area contributed by atoms with Crippen LogP contribution in [0.25, 0.3) is 0 Å². The summed E-state index contributed by atoms with van der Waals surface area (Å²) >= 11 is 0. The van der Waals surface area contributed by atoms with E-state index in [-0.39, 0.29) is 0 Å². The van der Waals surface area contributed by atoms with E-state index in [1.54, 1.807) is 0 Å². The zero-order valence-corrected chi connectivity index (χ0v) is 6.98. The van der Waals surface area contributed by atoms with Gasteiger partial charge in [0.05, 0.1) is 0 Å². The Morgan fingerprint density at radius 1 is 1.60 bits per heavy atom. The second-order valence-electron chi connectivity index (χ2n) is 3.02. The molecule has 0 radical (unpaired) electrons. The predicted octanol–water partition coefficient (Wildman–Crippen LogP) is 3.30. The second-order valence-corrected chi connectivity index (χ2v) is 3.02. The Balaban J connectivity index is 2.52. The number of allylic oxidation sites excluding steroid dienone is 1. The maximum absolute atomic E-state index is 3.32. The van der Waals surface area contributed by atoms with Crippen LogP contribution in [0.4, 0.5) is 0 Å². The third-order valence-corrected chi connectivity index (χ3v) is 2.30. The highest BCUT2D eigenvalue weighted by atomic mass is 14.1. The van der Waals surface area contributed by atoms with Crippen molar-refractivity contribution in [3.8, 4) is 0 Å². The van der Waals surface area contributed by atoms with Crippen molar-refractivity contribution in [1.29, 1.82) is 0 Å². The molecule has 1 aliphatic rings. The topological polar surface area (TPSA) is 0 Å². The van der Waals surface area contributed by atoms with E-state index in [2.05, 4.69) is 25.7 Å². The van der Waals surface area contributed by atoms with Crippen LogP contribution in [0.5, 0.6) is 0 Å². The van der Waals surface area contributed by atoms with Crippen LogP contribution in [0.3, 0.4) is 0 Å². The highest BCUT2D eigenvalue weighted by Gasteiger charge is 2.08. The summed E-state index contributed by atoms with van der Waals surface area (Å²) in [5.41, 5.74) is 4.84. The van der Waals surface area contributed by atoms with E-state index in [1.165, 1.54) is 31.3 Å². The molecule has 0 bridgehead atoms. The Morgan fingerprint density at radius 3 is 3.00 bits per heavy atom. The third kappa shape index (κ3) is 1.75. The Labute approximate surface area is 63.6 Å². The van der Waals surface area contributed by atoms with E-state index >= 15 is 0 Å². The SMILES string of the molecule is CCC1=C=CCC(CC)C1. The van der Waals surface area contributed by atoms with E-state index in [9.17, 15) is 0 Å². The quantitative estimate of drug-likeness (QED) is 0.511. The Kier molecular flexibility index (Phi) is 2.77. The fraction of sp³-hybridized carbons (Fsp3) is 0.700. The molecular formula is C10H16. The molecule has 0 aromatic carbocycles. The summed E-state index contributed by atoms with van der Waals surface area (Å²) in [6, 6.07) is 0. The van der Waals surface area contributed by atoms with E-state index in [4.69, 9.17) is 0 Å². The molecule has 10 heavy (non-hydrogen) atoms. The summed E-state index contributed by atoms with van der Waals surface area (Å²) in [4.78, 5) is 0. The first-order valence-corrected chi connectivity index (χ1v) is 4.29. The molecule has 0 saturated carbocycles. The second kappa shape index (κ2) is 3.63. The number of rotatable bonds is 2. The number of hydrogen-bond acceptors (Lipinski definition) is 0. The summed E-state index contributed by atoms with van der Waals surface area (Å²) < 4.78 is 0. The molecule has 0 nitrogen and oxygen atoms in total. The molecular weight excluding hydrogens is 120 g/mol. The fourth-order valence-corrected chi connectivity index (χ4v) is 1.42. The Morgan fingerprint density at radius 2 is 2.40 bits per heavy atom. The lowest BCUT2D eigenvalue weighted by Crippen LogP contribution is -2.01. The smallest absolute Gasteiger partial charge is 0.0213 e.